The van der Waals surface area contributed by atoms with Crippen molar-refractivity contribution in [2.24, 2.45) is 0 Å². The summed E-state index contributed by atoms with van der Waals surface area (Å²) in [5.41, 5.74) is 0.209. The van der Waals surface area contributed by atoms with Crippen molar-refractivity contribution in [3.8, 4) is 5.69 Å². The quantitative estimate of drug-likeness (QED) is 0.891. The third-order valence-electron chi connectivity index (χ3n) is 2.78. The molecule has 2 aromatic rings. The number of aryl methyl sites for hydroxylation is 1. The van der Waals surface area contributed by atoms with Gasteiger partial charge in [0.15, 0.2) is 0 Å². The van der Waals surface area contributed by atoms with Crippen molar-refractivity contribution in [1.82, 2.24) is 9.55 Å². The summed E-state index contributed by atoms with van der Waals surface area (Å²) >= 11 is 5.64. The van der Waals surface area contributed by atoms with Crippen molar-refractivity contribution in [2.45, 2.75) is 33.0 Å². The molecule has 0 atom stereocenters. The zero-order valence-electron chi connectivity index (χ0n) is 11.8. The Morgan fingerprint density at radius 1 is 1.29 bits per heavy atom. The smallest absolute Gasteiger partial charge is 0.353 e. The highest BCUT2D eigenvalue weighted by Crippen LogP contribution is 2.36. The molecule has 3 nitrogen and oxygen atoms in total. The molecular formula is C14H15ClF3N3. The molecular weight excluding hydrogens is 303 g/mol. The van der Waals surface area contributed by atoms with Gasteiger partial charge in [-0.15, -0.1) is 0 Å². The Morgan fingerprint density at radius 3 is 2.52 bits per heavy atom. The fraction of sp³-hybridized carbons (Fsp3) is 0.357. The SMILES string of the molecule is Cc1cn(-c2ccc(Cl)c(C(F)(F)F)c2)c(NC(C)C)n1. The number of rotatable bonds is 3. The van der Waals surface area contributed by atoms with Crippen LogP contribution in [0, 0.1) is 6.92 Å². The molecule has 1 heterocycles. The summed E-state index contributed by atoms with van der Waals surface area (Å²) in [5, 5.41) is 2.78. The standard InChI is InChI=1S/C14H15ClF3N3/c1-8(2)19-13-20-9(3)7-21(13)10-4-5-12(15)11(6-10)14(16,17)18/h4-8H,1-3H3,(H,19,20). The zero-order chi connectivity index (χ0) is 15.8. The lowest BCUT2D eigenvalue weighted by atomic mass is 10.2. The molecule has 1 aromatic carbocycles. The van der Waals surface area contributed by atoms with Gasteiger partial charge in [-0.3, -0.25) is 4.57 Å². The monoisotopic (exact) mass is 317 g/mol. The molecule has 114 valence electrons. The van der Waals surface area contributed by atoms with Gasteiger partial charge in [0.05, 0.1) is 16.3 Å². The highest BCUT2D eigenvalue weighted by atomic mass is 35.5. The van der Waals surface area contributed by atoms with Crippen LogP contribution in [0.4, 0.5) is 19.1 Å². The summed E-state index contributed by atoms with van der Waals surface area (Å²) in [6.07, 6.45) is -2.82. The minimum absolute atomic E-state index is 0.111. The van der Waals surface area contributed by atoms with Crippen molar-refractivity contribution in [3.63, 3.8) is 0 Å². The summed E-state index contributed by atoms with van der Waals surface area (Å²) in [4.78, 5) is 4.28. The van der Waals surface area contributed by atoms with Crippen LogP contribution in [0.5, 0.6) is 0 Å². The molecule has 2 rings (SSSR count). The van der Waals surface area contributed by atoms with E-state index in [0.29, 0.717) is 17.3 Å². The van der Waals surface area contributed by atoms with Crippen LogP contribution in [-0.2, 0) is 6.18 Å². The first-order chi connectivity index (χ1) is 9.68. The molecule has 0 saturated heterocycles. The van der Waals surface area contributed by atoms with Gasteiger partial charge >= 0.3 is 6.18 Å². The number of nitrogens with one attached hydrogen (secondary N) is 1. The molecule has 0 bridgehead atoms. The first-order valence-corrected chi connectivity index (χ1v) is 6.76. The molecule has 1 aromatic heterocycles. The number of alkyl halides is 3. The van der Waals surface area contributed by atoms with E-state index >= 15 is 0 Å². The van der Waals surface area contributed by atoms with Crippen LogP contribution in [0.2, 0.25) is 5.02 Å². The predicted molar refractivity (Wildman–Crippen MR) is 77.1 cm³/mol. The largest absolute Gasteiger partial charge is 0.417 e. The maximum absolute atomic E-state index is 12.9. The Morgan fingerprint density at radius 2 is 1.95 bits per heavy atom. The minimum Gasteiger partial charge on any atom is -0.353 e. The maximum Gasteiger partial charge on any atom is 0.417 e. The number of nitrogens with zero attached hydrogens (tertiary/aromatic N) is 2. The van der Waals surface area contributed by atoms with Crippen molar-refractivity contribution in [1.29, 1.82) is 0 Å². The summed E-state index contributed by atoms with van der Waals surface area (Å²) < 4.78 is 40.4. The first kappa shape index (κ1) is 15.7. The van der Waals surface area contributed by atoms with Crippen LogP contribution < -0.4 is 5.32 Å². The highest BCUT2D eigenvalue weighted by molar-refractivity contribution is 6.31. The topological polar surface area (TPSA) is 29.9 Å². The van der Waals surface area contributed by atoms with Gasteiger partial charge in [-0.1, -0.05) is 11.6 Å². The van der Waals surface area contributed by atoms with Crippen LogP contribution in [0.3, 0.4) is 0 Å². The van der Waals surface area contributed by atoms with Crippen molar-refractivity contribution in [2.75, 3.05) is 5.32 Å². The van der Waals surface area contributed by atoms with Gasteiger partial charge in [0, 0.05) is 17.9 Å². The fourth-order valence-corrected chi connectivity index (χ4v) is 2.16. The molecule has 0 spiro atoms. The van der Waals surface area contributed by atoms with Crippen molar-refractivity contribution < 1.29 is 13.2 Å². The Kier molecular flexibility index (Phi) is 4.18. The fourth-order valence-electron chi connectivity index (χ4n) is 1.93. The Hall–Kier alpha value is -1.69. The van der Waals surface area contributed by atoms with E-state index < -0.39 is 11.7 Å². The number of halogens is 4. The summed E-state index contributed by atoms with van der Waals surface area (Å²) in [7, 11) is 0. The predicted octanol–water partition coefficient (Wildman–Crippen LogP) is 4.67. The van der Waals surface area contributed by atoms with Crippen LogP contribution in [-0.4, -0.2) is 15.6 Å². The number of benzene rings is 1. The maximum atomic E-state index is 12.9. The van der Waals surface area contributed by atoms with Gasteiger partial charge in [-0.25, -0.2) is 4.98 Å². The number of imidazole rings is 1. The number of hydrogen-bond acceptors (Lipinski definition) is 2. The Bertz CT molecular complexity index is 647. The van der Waals surface area contributed by atoms with Crippen LogP contribution >= 0.6 is 11.6 Å². The van der Waals surface area contributed by atoms with E-state index in [9.17, 15) is 13.2 Å². The molecule has 0 fully saturated rings. The van der Waals surface area contributed by atoms with Gasteiger partial charge < -0.3 is 5.32 Å². The molecule has 0 aliphatic carbocycles. The van der Waals surface area contributed by atoms with E-state index in [-0.39, 0.29) is 11.1 Å². The van der Waals surface area contributed by atoms with Gasteiger partial charge in [-0.2, -0.15) is 13.2 Å². The summed E-state index contributed by atoms with van der Waals surface area (Å²) in [6.45, 7) is 5.64. The lowest BCUT2D eigenvalue weighted by Gasteiger charge is -2.15. The summed E-state index contributed by atoms with van der Waals surface area (Å²) in [5.74, 6) is 0.498. The van der Waals surface area contributed by atoms with E-state index in [1.807, 2.05) is 13.8 Å². The second-order valence-corrected chi connectivity index (χ2v) is 5.44. The first-order valence-electron chi connectivity index (χ1n) is 6.38. The zero-order valence-corrected chi connectivity index (χ0v) is 12.5. The molecule has 1 N–H and O–H groups in total. The van der Waals surface area contributed by atoms with Gasteiger partial charge in [0.1, 0.15) is 0 Å². The highest BCUT2D eigenvalue weighted by Gasteiger charge is 2.33. The summed E-state index contributed by atoms with van der Waals surface area (Å²) in [6, 6.07) is 3.91. The lowest BCUT2D eigenvalue weighted by molar-refractivity contribution is -0.137. The second-order valence-electron chi connectivity index (χ2n) is 5.04. The van der Waals surface area contributed by atoms with Crippen molar-refractivity contribution >= 4 is 17.5 Å². The van der Waals surface area contributed by atoms with Gasteiger partial charge in [-0.05, 0) is 39.0 Å². The molecule has 0 saturated carbocycles. The Balaban J connectivity index is 2.52. The van der Waals surface area contributed by atoms with E-state index in [4.69, 9.17) is 11.6 Å². The van der Waals surface area contributed by atoms with Crippen LogP contribution in [0.25, 0.3) is 5.69 Å². The third-order valence-corrected chi connectivity index (χ3v) is 3.11. The number of anilines is 1. The van der Waals surface area contributed by atoms with E-state index in [2.05, 4.69) is 10.3 Å². The molecule has 0 aliphatic rings. The Labute approximate surface area is 125 Å². The minimum atomic E-state index is -4.49. The van der Waals surface area contributed by atoms with Crippen LogP contribution in [0.15, 0.2) is 24.4 Å². The van der Waals surface area contributed by atoms with E-state index in [0.717, 1.165) is 6.07 Å². The molecule has 7 heteroatoms. The third kappa shape index (κ3) is 3.50. The molecule has 21 heavy (non-hydrogen) atoms. The normalized spacial score (nSPS) is 12.0. The molecule has 0 unspecified atom stereocenters. The van der Waals surface area contributed by atoms with Gasteiger partial charge in [0.2, 0.25) is 5.95 Å². The molecule has 0 amide bonds. The second kappa shape index (κ2) is 5.60. The van der Waals surface area contributed by atoms with E-state index in [1.54, 1.807) is 17.7 Å². The average Bonchev–Trinajstić information content (AvgIpc) is 2.68. The lowest BCUT2D eigenvalue weighted by Crippen LogP contribution is -2.14. The van der Waals surface area contributed by atoms with Crippen LogP contribution in [0.1, 0.15) is 25.1 Å². The average molecular weight is 318 g/mol. The van der Waals surface area contributed by atoms with Gasteiger partial charge in [0.25, 0.3) is 0 Å². The molecule has 0 radical (unpaired) electrons. The van der Waals surface area contributed by atoms with E-state index in [1.165, 1.54) is 12.1 Å². The number of hydrogen-bond donors (Lipinski definition) is 1. The number of aromatic nitrogens is 2. The van der Waals surface area contributed by atoms with Crippen molar-refractivity contribution in [3.05, 3.63) is 40.7 Å². The molecule has 0 aliphatic heterocycles.